The van der Waals surface area contributed by atoms with Crippen LogP contribution in [0.25, 0.3) is 10.8 Å². The zero-order valence-electron chi connectivity index (χ0n) is 13.1. The first-order valence-electron chi connectivity index (χ1n) is 7.51. The van der Waals surface area contributed by atoms with Gasteiger partial charge >= 0.3 is 11.8 Å². The van der Waals surface area contributed by atoms with Crippen LogP contribution >= 0.6 is 0 Å². The molecule has 0 heterocycles. The van der Waals surface area contributed by atoms with Gasteiger partial charge in [-0.05, 0) is 29.1 Å². The van der Waals surface area contributed by atoms with Crippen LogP contribution in [0.2, 0.25) is 0 Å². The largest absolute Gasteiger partial charge is 0.329 e. The summed E-state index contributed by atoms with van der Waals surface area (Å²) in [5.41, 5.74) is 3.27. The van der Waals surface area contributed by atoms with Crippen molar-refractivity contribution in [3.63, 3.8) is 0 Å². The summed E-state index contributed by atoms with van der Waals surface area (Å²) in [4.78, 5) is 23.8. The number of benzene rings is 3. The predicted molar refractivity (Wildman–Crippen MR) is 94.7 cm³/mol. The van der Waals surface area contributed by atoms with Crippen LogP contribution in [0.3, 0.4) is 0 Å². The zero-order chi connectivity index (χ0) is 17.6. The summed E-state index contributed by atoms with van der Waals surface area (Å²) in [5, 5.41) is 8.04. The molecule has 0 atom stereocenters. The van der Waals surface area contributed by atoms with Gasteiger partial charge in [0.1, 0.15) is 5.82 Å². The number of nitrogens with zero attached hydrogens (tertiary/aromatic N) is 1. The third-order valence-electron chi connectivity index (χ3n) is 3.49. The van der Waals surface area contributed by atoms with Crippen molar-refractivity contribution in [2.45, 2.75) is 0 Å². The Morgan fingerprint density at radius 2 is 1.60 bits per heavy atom. The Morgan fingerprint density at radius 3 is 2.40 bits per heavy atom. The highest BCUT2D eigenvalue weighted by Crippen LogP contribution is 2.22. The van der Waals surface area contributed by atoms with Crippen LogP contribution in [0.4, 0.5) is 10.1 Å². The maximum absolute atomic E-state index is 12.8. The lowest BCUT2D eigenvalue weighted by Gasteiger charge is -2.07. The minimum atomic E-state index is -0.897. The summed E-state index contributed by atoms with van der Waals surface area (Å²) < 4.78 is 12.8. The van der Waals surface area contributed by atoms with Gasteiger partial charge in [-0.1, -0.05) is 48.5 Å². The van der Waals surface area contributed by atoms with Crippen LogP contribution in [0, 0.1) is 5.82 Å². The topological polar surface area (TPSA) is 70.6 Å². The number of nitrogens with one attached hydrogen (secondary N) is 2. The molecule has 0 aliphatic rings. The zero-order valence-corrected chi connectivity index (χ0v) is 13.1. The average Bonchev–Trinajstić information content (AvgIpc) is 2.63. The number of hydrogen-bond acceptors (Lipinski definition) is 3. The maximum atomic E-state index is 12.8. The van der Waals surface area contributed by atoms with Crippen molar-refractivity contribution in [3.8, 4) is 0 Å². The molecule has 2 amide bonds. The number of halogens is 1. The fourth-order valence-corrected chi connectivity index (χ4v) is 2.28. The predicted octanol–water partition coefficient (Wildman–Crippen LogP) is 3.07. The van der Waals surface area contributed by atoms with Gasteiger partial charge in [-0.25, -0.2) is 9.82 Å². The van der Waals surface area contributed by atoms with E-state index in [2.05, 4.69) is 15.8 Å². The molecule has 0 spiro atoms. The molecule has 5 nitrogen and oxygen atoms in total. The van der Waals surface area contributed by atoms with E-state index >= 15 is 0 Å². The summed E-state index contributed by atoms with van der Waals surface area (Å²) >= 11 is 0. The monoisotopic (exact) mass is 335 g/mol. The number of amides is 2. The Bertz CT molecular complexity index is 947. The van der Waals surface area contributed by atoms with Crippen molar-refractivity contribution < 1.29 is 14.0 Å². The number of carbonyl (C=O) groups is 2. The summed E-state index contributed by atoms with van der Waals surface area (Å²) in [6, 6.07) is 18.5. The van der Waals surface area contributed by atoms with Crippen molar-refractivity contribution in [3.05, 3.63) is 78.1 Å². The third kappa shape index (κ3) is 4.06. The first-order valence-corrected chi connectivity index (χ1v) is 7.51. The second kappa shape index (κ2) is 7.35. The fourth-order valence-electron chi connectivity index (χ4n) is 2.28. The molecular formula is C19H14FN3O2. The second-order valence-electron chi connectivity index (χ2n) is 5.23. The lowest BCUT2D eigenvalue weighted by Crippen LogP contribution is -2.32. The summed E-state index contributed by atoms with van der Waals surface area (Å²) in [5.74, 6) is -2.09. The number of fused-ring (bicyclic) bond motifs is 1. The molecule has 0 saturated heterocycles. The lowest BCUT2D eigenvalue weighted by molar-refractivity contribution is -0.136. The highest BCUT2D eigenvalue weighted by atomic mass is 19.1. The van der Waals surface area contributed by atoms with Crippen LogP contribution in [0.15, 0.2) is 71.8 Å². The number of hydrogen-bond donors (Lipinski definition) is 2. The first-order chi connectivity index (χ1) is 12.1. The molecule has 6 heteroatoms. The van der Waals surface area contributed by atoms with Gasteiger partial charge in [0.15, 0.2) is 0 Å². The number of hydrazone groups is 1. The van der Waals surface area contributed by atoms with Crippen LogP contribution in [0.1, 0.15) is 5.56 Å². The molecule has 0 unspecified atom stereocenters. The molecule has 3 aromatic carbocycles. The van der Waals surface area contributed by atoms with E-state index in [4.69, 9.17) is 0 Å². The van der Waals surface area contributed by atoms with E-state index in [1.165, 1.54) is 30.5 Å². The van der Waals surface area contributed by atoms with Gasteiger partial charge in [-0.15, -0.1) is 0 Å². The molecule has 124 valence electrons. The molecular weight excluding hydrogens is 321 g/mol. The highest BCUT2D eigenvalue weighted by molar-refractivity contribution is 6.40. The van der Waals surface area contributed by atoms with E-state index < -0.39 is 11.8 Å². The van der Waals surface area contributed by atoms with E-state index in [1.54, 1.807) is 12.1 Å². The van der Waals surface area contributed by atoms with Crippen molar-refractivity contribution in [1.29, 1.82) is 0 Å². The van der Waals surface area contributed by atoms with Crippen molar-refractivity contribution >= 4 is 34.5 Å². The van der Waals surface area contributed by atoms with Gasteiger partial charge in [0.2, 0.25) is 0 Å². The van der Waals surface area contributed by atoms with E-state index in [1.807, 2.05) is 30.3 Å². The van der Waals surface area contributed by atoms with Gasteiger partial charge in [-0.3, -0.25) is 9.59 Å². The summed E-state index contributed by atoms with van der Waals surface area (Å²) in [6.07, 6.45) is 1.32. The van der Waals surface area contributed by atoms with Crippen molar-refractivity contribution in [1.82, 2.24) is 5.43 Å². The molecule has 3 rings (SSSR count). The van der Waals surface area contributed by atoms with Crippen LogP contribution in [0.5, 0.6) is 0 Å². The normalized spacial score (nSPS) is 10.8. The third-order valence-corrected chi connectivity index (χ3v) is 3.49. The van der Waals surface area contributed by atoms with Crippen LogP contribution in [-0.4, -0.2) is 18.0 Å². The molecule has 0 bridgehead atoms. The van der Waals surface area contributed by atoms with Crippen molar-refractivity contribution in [2.24, 2.45) is 5.10 Å². The quantitative estimate of drug-likeness (QED) is 0.439. The van der Waals surface area contributed by atoms with Gasteiger partial charge in [0, 0.05) is 11.1 Å². The Hall–Kier alpha value is -3.54. The fraction of sp³-hybridized carbons (Fsp3) is 0. The molecule has 2 N–H and O–H groups in total. The van der Waals surface area contributed by atoms with Crippen LogP contribution in [-0.2, 0) is 9.59 Å². The van der Waals surface area contributed by atoms with Gasteiger partial charge < -0.3 is 5.32 Å². The van der Waals surface area contributed by atoms with Gasteiger partial charge in [0.25, 0.3) is 0 Å². The number of rotatable bonds is 3. The minimum Gasteiger partial charge on any atom is -0.317 e. The molecule has 0 aliphatic carbocycles. The number of carbonyl (C=O) groups excluding carboxylic acids is 2. The average molecular weight is 335 g/mol. The Balaban J connectivity index is 1.64. The maximum Gasteiger partial charge on any atom is 0.329 e. The highest BCUT2D eigenvalue weighted by Gasteiger charge is 2.14. The number of anilines is 1. The minimum absolute atomic E-state index is 0.365. The van der Waals surface area contributed by atoms with E-state index in [0.29, 0.717) is 11.3 Å². The molecule has 0 aliphatic heterocycles. The molecule has 3 aromatic rings. The lowest BCUT2D eigenvalue weighted by atomic mass is 10.1. The Morgan fingerprint density at radius 1 is 0.880 bits per heavy atom. The molecule has 0 saturated carbocycles. The first kappa shape index (κ1) is 16.3. The smallest absolute Gasteiger partial charge is 0.317 e. The second-order valence-corrected chi connectivity index (χ2v) is 5.23. The molecule has 0 radical (unpaired) electrons. The van der Waals surface area contributed by atoms with E-state index in [0.717, 1.165) is 10.8 Å². The molecule has 0 aromatic heterocycles. The van der Waals surface area contributed by atoms with Crippen molar-refractivity contribution in [2.75, 3.05) is 5.32 Å². The molecule has 0 fully saturated rings. The van der Waals surface area contributed by atoms with Crippen LogP contribution < -0.4 is 10.7 Å². The standard InChI is InChI=1S/C19H14FN3O2/c20-15-10-8-13(9-11-15)12-21-23-19(25)18(24)22-17-7-3-5-14-4-1-2-6-16(14)17/h1-12H,(H,22,24)(H,23,25)/b21-12-. The summed E-state index contributed by atoms with van der Waals surface area (Å²) in [6.45, 7) is 0. The van der Waals surface area contributed by atoms with Gasteiger partial charge in [0.05, 0.1) is 6.21 Å². The van der Waals surface area contributed by atoms with E-state index in [9.17, 15) is 14.0 Å². The Kier molecular flexibility index (Phi) is 4.80. The van der Waals surface area contributed by atoms with E-state index in [-0.39, 0.29) is 5.82 Å². The molecule has 25 heavy (non-hydrogen) atoms. The SMILES string of the molecule is O=C(N/N=C\c1ccc(F)cc1)C(=O)Nc1cccc2ccccc12. The van der Waals surface area contributed by atoms with Gasteiger partial charge in [-0.2, -0.15) is 5.10 Å². The summed E-state index contributed by atoms with van der Waals surface area (Å²) in [7, 11) is 0. The Labute approximate surface area is 143 Å².